The molecule has 1 aliphatic heterocycles. The Morgan fingerprint density at radius 1 is 1.03 bits per heavy atom. The van der Waals surface area contributed by atoms with Crippen molar-refractivity contribution in [2.75, 3.05) is 31.5 Å². The van der Waals surface area contributed by atoms with Gasteiger partial charge in [-0.05, 0) is 50.2 Å². The van der Waals surface area contributed by atoms with Crippen LogP contribution in [0.1, 0.15) is 13.8 Å². The maximum Gasteiger partial charge on any atom is 0.252 e. The molecule has 2 aromatic carbocycles. The van der Waals surface area contributed by atoms with E-state index in [1.807, 2.05) is 36.1 Å². The molecular formula is C25H27ClN4O3S2. The van der Waals surface area contributed by atoms with E-state index in [2.05, 4.69) is 35.0 Å². The lowest BCUT2D eigenvalue weighted by molar-refractivity contribution is -0.121. The summed E-state index contributed by atoms with van der Waals surface area (Å²) in [5.74, 6) is -0.107. The number of hydrogen-bond acceptors (Lipinski definition) is 5. The predicted molar refractivity (Wildman–Crippen MR) is 143 cm³/mol. The van der Waals surface area contributed by atoms with Gasteiger partial charge in [0.2, 0.25) is 5.91 Å². The van der Waals surface area contributed by atoms with Crippen LogP contribution in [0, 0.1) is 0 Å². The number of halogens is 1. The van der Waals surface area contributed by atoms with Crippen LogP contribution in [-0.4, -0.2) is 60.3 Å². The Morgan fingerprint density at radius 3 is 2.43 bits per heavy atom. The highest BCUT2D eigenvalue weighted by molar-refractivity contribution is 7.91. The van der Waals surface area contributed by atoms with E-state index in [9.17, 15) is 13.2 Å². The maximum atomic E-state index is 13.1. The number of amides is 1. The molecule has 1 saturated heterocycles. The molecule has 0 saturated carbocycles. The quantitative estimate of drug-likeness (QED) is 0.386. The van der Waals surface area contributed by atoms with Crippen molar-refractivity contribution in [3.8, 4) is 0 Å². The smallest absolute Gasteiger partial charge is 0.252 e. The zero-order valence-corrected chi connectivity index (χ0v) is 22.0. The highest BCUT2D eigenvalue weighted by Gasteiger charge is 2.32. The van der Waals surface area contributed by atoms with Gasteiger partial charge >= 0.3 is 0 Å². The largest absolute Gasteiger partial charge is 0.341 e. The molecule has 0 aliphatic carbocycles. The number of para-hydroxylation sites is 1. The number of fused-ring (bicyclic) bond motifs is 3. The van der Waals surface area contributed by atoms with Crippen molar-refractivity contribution in [1.29, 1.82) is 0 Å². The van der Waals surface area contributed by atoms with Gasteiger partial charge in [0.25, 0.3) is 10.0 Å². The third kappa shape index (κ3) is 4.47. The van der Waals surface area contributed by atoms with Crippen molar-refractivity contribution >= 4 is 66.4 Å². The summed E-state index contributed by atoms with van der Waals surface area (Å²) in [4.78, 5) is 15.1. The minimum atomic E-state index is -3.56. The van der Waals surface area contributed by atoms with Crippen LogP contribution in [-0.2, 0) is 21.4 Å². The normalized spacial score (nSPS) is 16.7. The molecule has 1 amide bonds. The molecule has 1 fully saturated rings. The van der Waals surface area contributed by atoms with Crippen molar-refractivity contribution in [2.24, 2.45) is 0 Å². The minimum absolute atomic E-state index is 0.107. The fraction of sp³-hybridized carbons (Fsp3) is 0.320. The zero-order valence-electron chi connectivity index (χ0n) is 19.6. The molecule has 10 heteroatoms. The highest BCUT2D eigenvalue weighted by Crippen LogP contribution is 2.31. The Balaban J connectivity index is 1.27. The molecular weight excluding hydrogens is 504 g/mol. The van der Waals surface area contributed by atoms with Gasteiger partial charge in [0.15, 0.2) is 0 Å². The predicted octanol–water partition coefficient (Wildman–Crippen LogP) is 4.86. The summed E-state index contributed by atoms with van der Waals surface area (Å²) in [6, 6.07) is 17.1. The molecule has 184 valence electrons. The minimum Gasteiger partial charge on any atom is -0.341 e. The first kappa shape index (κ1) is 24.3. The van der Waals surface area contributed by atoms with Crippen molar-refractivity contribution < 1.29 is 13.2 Å². The lowest BCUT2D eigenvalue weighted by atomic mass is 10.1. The molecule has 3 heterocycles. The van der Waals surface area contributed by atoms with E-state index in [-0.39, 0.29) is 16.2 Å². The molecule has 5 rings (SSSR count). The van der Waals surface area contributed by atoms with Crippen molar-refractivity contribution in [1.82, 2.24) is 13.8 Å². The van der Waals surface area contributed by atoms with E-state index in [0.717, 1.165) is 39.9 Å². The van der Waals surface area contributed by atoms with Crippen molar-refractivity contribution in [2.45, 2.75) is 30.6 Å². The highest BCUT2D eigenvalue weighted by atomic mass is 35.5. The second kappa shape index (κ2) is 9.55. The Hall–Kier alpha value is -2.43. The maximum absolute atomic E-state index is 13.1. The Kier molecular flexibility index (Phi) is 6.63. The van der Waals surface area contributed by atoms with Crippen LogP contribution in [0.5, 0.6) is 0 Å². The summed E-state index contributed by atoms with van der Waals surface area (Å²) in [7, 11) is -3.56. The first-order valence-electron chi connectivity index (χ1n) is 11.6. The Labute approximate surface area is 213 Å². The van der Waals surface area contributed by atoms with Crippen LogP contribution < -0.4 is 5.32 Å². The number of anilines is 1. The van der Waals surface area contributed by atoms with E-state index in [1.165, 1.54) is 9.82 Å². The summed E-state index contributed by atoms with van der Waals surface area (Å²) < 4.78 is 30.1. The molecule has 7 nitrogen and oxygen atoms in total. The number of piperazine rings is 1. The van der Waals surface area contributed by atoms with Gasteiger partial charge in [0.05, 0.1) is 10.4 Å². The van der Waals surface area contributed by atoms with Crippen LogP contribution in [0.2, 0.25) is 4.34 Å². The molecule has 4 aromatic rings. The van der Waals surface area contributed by atoms with E-state index < -0.39 is 10.0 Å². The van der Waals surface area contributed by atoms with E-state index in [4.69, 9.17) is 11.6 Å². The number of nitrogens with zero attached hydrogens (tertiary/aromatic N) is 3. The zero-order chi connectivity index (χ0) is 24.7. The number of carbonyl (C=O) groups excluding carboxylic acids is 1. The van der Waals surface area contributed by atoms with Crippen LogP contribution in [0.15, 0.2) is 58.8 Å². The average molecular weight is 531 g/mol. The number of aryl methyl sites for hydroxylation is 1. The molecule has 1 atom stereocenters. The van der Waals surface area contributed by atoms with Gasteiger partial charge in [-0.25, -0.2) is 8.42 Å². The molecule has 1 aliphatic rings. The third-order valence-electron chi connectivity index (χ3n) is 6.70. The lowest BCUT2D eigenvalue weighted by Gasteiger charge is -2.36. The number of aromatic nitrogens is 1. The molecule has 1 unspecified atom stereocenters. The van der Waals surface area contributed by atoms with E-state index in [1.54, 1.807) is 12.1 Å². The van der Waals surface area contributed by atoms with Gasteiger partial charge in [-0.3, -0.25) is 9.69 Å². The van der Waals surface area contributed by atoms with Crippen LogP contribution >= 0.6 is 22.9 Å². The van der Waals surface area contributed by atoms with Gasteiger partial charge in [0, 0.05) is 60.2 Å². The number of nitrogens with one attached hydrogen (secondary N) is 1. The molecule has 2 aromatic heterocycles. The standard InChI is InChI=1S/C25H27ClN4O3S2/c1-3-30-21-7-5-4-6-19(21)20-16-18(8-9-22(20)30)27-25(31)17(2)28-12-14-29(15-13-28)35(32,33)24-11-10-23(26)34-24/h4-11,16-17H,3,12-15H2,1-2H3,(H,27,31). The molecule has 0 spiro atoms. The summed E-state index contributed by atoms with van der Waals surface area (Å²) in [6.07, 6.45) is 0. The molecule has 1 N–H and O–H groups in total. The van der Waals surface area contributed by atoms with Gasteiger partial charge in [-0.2, -0.15) is 4.31 Å². The average Bonchev–Trinajstić information content (AvgIpc) is 3.45. The number of carbonyl (C=O) groups is 1. The van der Waals surface area contributed by atoms with E-state index in [0.29, 0.717) is 30.5 Å². The number of sulfonamides is 1. The lowest BCUT2D eigenvalue weighted by Crippen LogP contribution is -2.53. The second-order valence-corrected chi connectivity index (χ2v) is 12.5. The van der Waals surface area contributed by atoms with E-state index >= 15 is 0 Å². The number of rotatable bonds is 6. The monoisotopic (exact) mass is 530 g/mol. The summed E-state index contributed by atoms with van der Waals surface area (Å²) in [5, 5.41) is 5.33. The van der Waals surface area contributed by atoms with Gasteiger partial charge < -0.3 is 9.88 Å². The van der Waals surface area contributed by atoms with Gasteiger partial charge in [-0.1, -0.05) is 29.8 Å². The van der Waals surface area contributed by atoms with Crippen LogP contribution in [0.3, 0.4) is 0 Å². The number of hydrogen-bond donors (Lipinski definition) is 1. The Bertz CT molecular complexity index is 1500. The second-order valence-electron chi connectivity index (χ2n) is 8.66. The fourth-order valence-electron chi connectivity index (χ4n) is 4.78. The SMILES string of the molecule is CCn1c2ccccc2c2cc(NC(=O)C(C)N3CCN(S(=O)(=O)c4ccc(Cl)s4)CC3)ccc21. The van der Waals surface area contributed by atoms with Crippen LogP contribution in [0.4, 0.5) is 5.69 Å². The number of benzene rings is 2. The van der Waals surface area contributed by atoms with Gasteiger partial charge in [-0.15, -0.1) is 11.3 Å². The summed E-state index contributed by atoms with van der Waals surface area (Å²) >= 11 is 6.98. The van der Waals surface area contributed by atoms with Crippen molar-refractivity contribution in [3.63, 3.8) is 0 Å². The topological polar surface area (TPSA) is 74.7 Å². The van der Waals surface area contributed by atoms with Crippen LogP contribution in [0.25, 0.3) is 21.8 Å². The summed E-state index contributed by atoms with van der Waals surface area (Å²) in [6.45, 7) is 6.49. The fourth-order valence-corrected chi connectivity index (χ4v) is 7.84. The van der Waals surface area contributed by atoms with Gasteiger partial charge in [0.1, 0.15) is 4.21 Å². The summed E-state index contributed by atoms with van der Waals surface area (Å²) in [5.41, 5.74) is 3.08. The molecule has 35 heavy (non-hydrogen) atoms. The molecule has 0 radical (unpaired) electrons. The van der Waals surface area contributed by atoms with Crippen molar-refractivity contribution in [3.05, 3.63) is 58.9 Å². The molecule has 0 bridgehead atoms. The first-order chi connectivity index (χ1) is 16.8. The third-order valence-corrected chi connectivity index (χ3v) is 10.3. The number of thiophene rings is 1. The Morgan fingerprint density at radius 2 is 1.74 bits per heavy atom. The first-order valence-corrected chi connectivity index (χ1v) is 14.2.